The standard InChI is InChI=1S/C16H19BrN2O2/c1-16(2)7-3-4-10(16)13(17)9-5-6-11-12(8-9)19-15(21)14(20)18-11/h5-6,8,10,13H,3-4,7H2,1-2H3,(H,18,20)(H,19,21). The van der Waals surface area contributed by atoms with Gasteiger partial charge in [-0.15, -0.1) is 0 Å². The second-order valence-electron chi connectivity index (χ2n) is 6.60. The van der Waals surface area contributed by atoms with Crippen LogP contribution in [0.2, 0.25) is 0 Å². The van der Waals surface area contributed by atoms with Crippen molar-refractivity contribution in [2.75, 3.05) is 0 Å². The molecule has 2 unspecified atom stereocenters. The highest BCUT2D eigenvalue weighted by atomic mass is 79.9. The lowest BCUT2D eigenvalue weighted by Crippen LogP contribution is -2.29. The van der Waals surface area contributed by atoms with E-state index in [1.54, 1.807) is 0 Å². The molecule has 1 aliphatic carbocycles. The van der Waals surface area contributed by atoms with Gasteiger partial charge in [0.25, 0.3) is 0 Å². The highest BCUT2D eigenvalue weighted by Crippen LogP contribution is 2.51. The van der Waals surface area contributed by atoms with Crippen LogP contribution in [0.3, 0.4) is 0 Å². The van der Waals surface area contributed by atoms with Crippen LogP contribution < -0.4 is 11.1 Å². The van der Waals surface area contributed by atoms with Crippen LogP contribution in [-0.4, -0.2) is 9.97 Å². The Morgan fingerprint density at radius 2 is 1.86 bits per heavy atom. The second-order valence-corrected chi connectivity index (χ2v) is 7.59. The molecule has 2 atom stereocenters. The summed E-state index contributed by atoms with van der Waals surface area (Å²) >= 11 is 3.84. The number of fused-ring (bicyclic) bond motifs is 1. The Labute approximate surface area is 131 Å². The predicted molar refractivity (Wildman–Crippen MR) is 88.0 cm³/mol. The van der Waals surface area contributed by atoms with E-state index in [2.05, 4.69) is 39.7 Å². The molecule has 112 valence electrons. The van der Waals surface area contributed by atoms with Crippen molar-refractivity contribution < 1.29 is 0 Å². The number of halogens is 1. The van der Waals surface area contributed by atoms with Gasteiger partial charge < -0.3 is 9.97 Å². The average molecular weight is 351 g/mol. The van der Waals surface area contributed by atoms with Crippen molar-refractivity contribution in [2.45, 2.75) is 37.9 Å². The third-order valence-corrected chi connectivity index (χ3v) is 5.92. The van der Waals surface area contributed by atoms with Crippen LogP contribution in [0.1, 0.15) is 43.5 Å². The van der Waals surface area contributed by atoms with Crippen LogP contribution in [-0.2, 0) is 0 Å². The van der Waals surface area contributed by atoms with Crippen LogP contribution in [0.15, 0.2) is 27.8 Å². The van der Waals surface area contributed by atoms with E-state index in [1.807, 2.05) is 18.2 Å². The van der Waals surface area contributed by atoms with Gasteiger partial charge in [0.05, 0.1) is 11.0 Å². The Morgan fingerprint density at radius 3 is 2.48 bits per heavy atom. The molecule has 2 N–H and O–H groups in total. The zero-order valence-corrected chi connectivity index (χ0v) is 13.8. The second kappa shape index (κ2) is 5.13. The molecule has 0 saturated heterocycles. The number of aromatic amines is 2. The summed E-state index contributed by atoms with van der Waals surface area (Å²) in [6.45, 7) is 4.64. The van der Waals surface area contributed by atoms with Crippen molar-refractivity contribution in [3.8, 4) is 0 Å². The fourth-order valence-corrected chi connectivity index (χ4v) is 4.70. The first-order valence-electron chi connectivity index (χ1n) is 7.29. The van der Waals surface area contributed by atoms with Crippen molar-refractivity contribution in [3.63, 3.8) is 0 Å². The van der Waals surface area contributed by atoms with Gasteiger partial charge in [-0.3, -0.25) is 9.59 Å². The van der Waals surface area contributed by atoms with Gasteiger partial charge >= 0.3 is 11.1 Å². The summed E-state index contributed by atoms with van der Waals surface area (Å²) in [6.07, 6.45) is 3.72. The van der Waals surface area contributed by atoms with Gasteiger partial charge in [0.15, 0.2) is 0 Å². The summed E-state index contributed by atoms with van der Waals surface area (Å²) in [4.78, 5) is 28.3. The molecule has 0 radical (unpaired) electrons. The third-order valence-electron chi connectivity index (χ3n) is 4.76. The zero-order chi connectivity index (χ0) is 15.2. The molecule has 5 heteroatoms. The van der Waals surface area contributed by atoms with Crippen LogP contribution >= 0.6 is 15.9 Å². The molecule has 1 aromatic heterocycles. The Hall–Kier alpha value is -1.36. The van der Waals surface area contributed by atoms with E-state index in [9.17, 15) is 9.59 Å². The zero-order valence-electron chi connectivity index (χ0n) is 12.2. The lowest BCUT2D eigenvalue weighted by Gasteiger charge is -2.31. The molecule has 1 fully saturated rings. The molecule has 21 heavy (non-hydrogen) atoms. The van der Waals surface area contributed by atoms with Gasteiger partial charge in [-0.25, -0.2) is 0 Å². The molecule has 3 rings (SSSR count). The van der Waals surface area contributed by atoms with Crippen LogP contribution in [0, 0.1) is 11.3 Å². The monoisotopic (exact) mass is 350 g/mol. The van der Waals surface area contributed by atoms with Crippen molar-refractivity contribution in [1.82, 2.24) is 9.97 Å². The first-order chi connectivity index (χ1) is 9.88. The summed E-state index contributed by atoms with van der Waals surface area (Å²) in [5, 5.41) is 0. The van der Waals surface area contributed by atoms with Crippen molar-refractivity contribution in [2.24, 2.45) is 11.3 Å². The Kier molecular flexibility index (Phi) is 3.56. The lowest BCUT2D eigenvalue weighted by molar-refractivity contribution is 0.257. The number of hydrogen-bond acceptors (Lipinski definition) is 2. The summed E-state index contributed by atoms with van der Waals surface area (Å²) in [6, 6.07) is 5.84. The maximum atomic E-state index is 11.5. The Balaban J connectivity index is 2.03. The van der Waals surface area contributed by atoms with E-state index < -0.39 is 11.1 Å². The van der Waals surface area contributed by atoms with Gasteiger partial charge in [0.1, 0.15) is 0 Å². The van der Waals surface area contributed by atoms with Gasteiger partial charge in [-0.2, -0.15) is 0 Å². The largest absolute Gasteiger partial charge is 0.316 e. The van der Waals surface area contributed by atoms with Crippen molar-refractivity contribution >= 4 is 27.0 Å². The van der Waals surface area contributed by atoms with E-state index in [4.69, 9.17) is 0 Å². The van der Waals surface area contributed by atoms with Crippen LogP contribution in [0.4, 0.5) is 0 Å². The first kappa shape index (κ1) is 14.6. The number of H-pyrrole nitrogens is 2. The molecule has 1 heterocycles. The van der Waals surface area contributed by atoms with E-state index in [0.29, 0.717) is 22.4 Å². The minimum Gasteiger partial charge on any atom is -0.316 e. The molecule has 0 amide bonds. The summed E-state index contributed by atoms with van der Waals surface area (Å²) in [7, 11) is 0. The molecule has 0 aliphatic heterocycles. The molecule has 4 nitrogen and oxygen atoms in total. The summed E-state index contributed by atoms with van der Waals surface area (Å²) in [5.41, 5.74) is 1.59. The van der Waals surface area contributed by atoms with E-state index in [-0.39, 0.29) is 4.83 Å². The molecule has 0 bridgehead atoms. The number of alkyl halides is 1. The number of rotatable bonds is 2. The van der Waals surface area contributed by atoms with Crippen molar-refractivity contribution in [3.05, 3.63) is 44.5 Å². The third kappa shape index (κ3) is 2.59. The summed E-state index contributed by atoms with van der Waals surface area (Å²) in [5.74, 6) is 0.574. The lowest BCUT2D eigenvalue weighted by atomic mass is 9.78. The molecule has 1 saturated carbocycles. The Morgan fingerprint density at radius 1 is 1.19 bits per heavy atom. The highest BCUT2D eigenvalue weighted by Gasteiger charge is 2.39. The van der Waals surface area contributed by atoms with Gasteiger partial charge in [0, 0.05) is 4.83 Å². The van der Waals surface area contributed by atoms with Gasteiger partial charge in [-0.1, -0.05) is 42.3 Å². The number of hydrogen-bond donors (Lipinski definition) is 2. The molecule has 1 aromatic carbocycles. The van der Waals surface area contributed by atoms with Crippen molar-refractivity contribution in [1.29, 1.82) is 0 Å². The highest BCUT2D eigenvalue weighted by molar-refractivity contribution is 9.09. The quantitative estimate of drug-likeness (QED) is 0.643. The van der Waals surface area contributed by atoms with Crippen LogP contribution in [0.5, 0.6) is 0 Å². The minimum absolute atomic E-state index is 0.259. The maximum absolute atomic E-state index is 11.5. The molecule has 1 aliphatic rings. The molecular formula is C16H19BrN2O2. The number of aromatic nitrogens is 2. The predicted octanol–water partition coefficient (Wildman–Crippen LogP) is 3.48. The first-order valence-corrected chi connectivity index (χ1v) is 8.20. The molecule has 2 aromatic rings. The van der Waals surface area contributed by atoms with E-state index >= 15 is 0 Å². The molecular weight excluding hydrogens is 332 g/mol. The van der Waals surface area contributed by atoms with Gasteiger partial charge in [0.2, 0.25) is 0 Å². The summed E-state index contributed by atoms with van der Waals surface area (Å²) < 4.78 is 0. The average Bonchev–Trinajstić information content (AvgIpc) is 2.78. The SMILES string of the molecule is CC1(C)CCCC1C(Br)c1ccc2[nH]c(=O)c(=O)[nH]c2c1. The minimum atomic E-state index is -0.609. The van der Waals surface area contributed by atoms with E-state index in [0.717, 1.165) is 5.56 Å². The molecule has 0 spiro atoms. The van der Waals surface area contributed by atoms with E-state index in [1.165, 1.54) is 19.3 Å². The number of nitrogens with one attached hydrogen (secondary N) is 2. The van der Waals surface area contributed by atoms with Crippen LogP contribution in [0.25, 0.3) is 11.0 Å². The normalized spacial score (nSPS) is 22.5. The smallest absolute Gasteiger partial charge is 0.314 e. The maximum Gasteiger partial charge on any atom is 0.314 e. The Bertz CT molecular complexity index is 791. The topological polar surface area (TPSA) is 65.7 Å². The van der Waals surface area contributed by atoms with Gasteiger partial charge in [-0.05, 0) is 41.9 Å². The number of benzene rings is 1. The fourth-order valence-electron chi connectivity index (χ4n) is 3.43. The fraction of sp³-hybridized carbons (Fsp3) is 0.500.